The lowest BCUT2D eigenvalue weighted by atomic mass is 9.89. The van der Waals surface area contributed by atoms with Crippen LogP contribution in [0.4, 0.5) is 0 Å². The third-order valence-electron chi connectivity index (χ3n) is 9.51. The zero-order valence-electron chi connectivity index (χ0n) is 28.4. The molecule has 0 bridgehead atoms. The van der Waals surface area contributed by atoms with Gasteiger partial charge in [0.25, 0.3) is 0 Å². The Balaban J connectivity index is 1.19. The third-order valence-corrected chi connectivity index (χ3v) is 9.51. The molecule has 0 saturated carbocycles. The Hall–Kier alpha value is -6.97. The van der Waals surface area contributed by atoms with Crippen LogP contribution in [0.15, 0.2) is 200 Å². The predicted molar refractivity (Wildman–Crippen MR) is 215 cm³/mol. The molecule has 0 fully saturated rings. The van der Waals surface area contributed by atoms with Crippen molar-refractivity contribution in [2.24, 2.45) is 0 Å². The monoisotopic (exact) mass is 663 g/mol. The molecule has 0 N–H and O–H groups in total. The van der Waals surface area contributed by atoms with Gasteiger partial charge in [0.15, 0.2) is 17.5 Å². The molecule has 0 spiro atoms. The summed E-state index contributed by atoms with van der Waals surface area (Å²) < 4.78 is 0. The molecule has 52 heavy (non-hydrogen) atoms. The highest BCUT2D eigenvalue weighted by Gasteiger charge is 2.16. The van der Waals surface area contributed by atoms with E-state index in [1.54, 1.807) is 0 Å². The standard InChI is InChI=1S/C49H33N3/c1-4-14-34(15-5-1)39-22-12-24-43(31-39)48-50-47(37-19-8-3-9-20-37)51-49(52-48)44-25-13-23-41(32-44)45-29-28-40(35-16-6-2-7-17-35)33-46(45)42-27-26-36-18-10-11-21-38(36)30-42/h1-33H. The summed E-state index contributed by atoms with van der Waals surface area (Å²) in [6.45, 7) is 0. The lowest BCUT2D eigenvalue weighted by Gasteiger charge is -2.15. The summed E-state index contributed by atoms with van der Waals surface area (Å²) in [7, 11) is 0. The van der Waals surface area contributed by atoms with Gasteiger partial charge in [-0.3, -0.25) is 0 Å². The fourth-order valence-corrected chi connectivity index (χ4v) is 6.85. The van der Waals surface area contributed by atoms with Gasteiger partial charge in [-0.1, -0.05) is 176 Å². The Labute approximate surface area is 303 Å². The van der Waals surface area contributed by atoms with Crippen molar-refractivity contribution in [3.63, 3.8) is 0 Å². The lowest BCUT2D eigenvalue weighted by Crippen LogP contribution is -2.00. The van der Waals surface area contributed by atoms with Gasteiger partial charge >= 0.3 is 0 Å². The van der Waals surface area contributed by atoms with Gasteiger partial charge < -0.3 is 0 Å². The Morgan fingerprint density at radius 2 is 0.635 bits per heavy atom. The van der Waals surface area contributed by atoms with Gasteiger partial charge in [-0.15, -0.1) is 0 Å². The highest BCUT2D eigenvalue weighted by molar-refractivity contribution is 5.93. The average Bonchev–Trinajstić information content (AvgIpc) is 3.24. The summed E-state index contributed by atoms with van der Waals surface area (Å²) in [6.07, 6.45) is 0. The first-order chi connectivity index (χ1) is 25.7. The van der Waals surface area contributed by atoms with Crippen LogP contribution in [0.3, 0.4) is 0 Å². The molecule has 3 nitrogen and oxygen atoms in total. The van der Waals surface area contributed by atoms with Crippen LogP contribution in [0.1, 0.15) is 0 Å². The van der Waals surface area contributed by atoms with Crippen LogP contribution in [0.25, 0.3) is 89.4 Å². The Morgan fingerprint density at radius 1 is 0.212 bits per heavy atom. The number of rotatable bonds is 7. The van der Waals surface area contributed by atoms with Gasteiger partial charge in [-0.2, -0.15) is 0 Å². The minimum Gasteiger partial charge on any atom is -0.208 e. The van der Waals surface area contributed by atoms with Gasteiger partial charge in [-0.25, -0.2) is 15.0 Å². The average molecular weight is 664 g/mol. The van der Waals surface area contributed by atoms with Crippen LogP contribution < -0.4 is 0 Å². The SMILES string of the molecule is c1ccc(-c2cccc(-c3nc(-c4ccccc4)nc(-c4cccc(-c5ccc(-c6ccccc6)cc5-c5ccc6ccccc6c5)c4)n3)c2)cc1. The molecule has 0 atom stereocenters. The highest BCUT2D eigenvalue weighted by Crippen LogP contribution is 2.38. The molecule has 0 saturated heterocycles. The molecule has 0 aliphatic rings. The van der Waals surface area contributed by atoms with E-state index >= 15 is 0 Å². The van der Waals surface area contributed by atoms with E-state index in [9.17, 15) is 0 Å². The second kappa shape index (κ2) is 13.7. The first kappa shape index (κ1) is 31.0. The molecule has 244 valence electrons. The normalized spacial score (nSPS) is 11.1. The Morgan fingerprint density at radius 3 is 1.27 bits per heavy atom. The second-order valence-electron chi connectivity index (χ2n) is 12.9. The maximum absolute atomic E-state index is 5.12. The summed E-state index contributed by atoms with van der Waals surface area (Å²) in [4.78, 5) is 15.2. The topological polar surface area (TPSA) is 38.7 Å². The molecule has 0 unspecified atom stereocenters. The van der Waals surface area contributed by atoms with Gasteiger partial charge in [0.2, 0.25) is 0 Å². The van der Waals surface area contributed by atoms with Crippen LogP contribution in [-0.2, 0) is 0 Å². The van der Waals surface area contributed by atoms with E-state index in [1.807, 2.05) is 36.4 Å². The van der Waals surface area contributed by atoms with Crippen molar-refractivity contribution in [3.05, 3.63) is 200 Å². The molecule has 3 heteroatoms. The third kappa shape index (κ3) is 6.28. The molecule has 0 amide bonds. The molecule has 9 aromatic rings. The molecule has 1 heterocycles. The van der Waals surface area contributed by atoms with Crippen LogP contribution in [0.5, 0.6) is 0 Å². The quantitative estimate of drug-likeness (QED) is 0.170. The van der Waals surface area contributed by atoms with Gasteiger partial charge in [0.05, 0.1) is 0 Å². The van der Waals surface area contributed by atoms with E-state index in [0.29, 0.717) is 17.5 Å². The molecule has 0 aliphatic heterocycles. The van der Waals surface area contributed by atoms with Crippen molar-refractivity contribution in [1.82, 2.24) is 15.0 Å². The van der Waals surface area contributed by atoms with Crippen molar-refractivity contribution in [2.75, 3.05) is 0 Å². The van der Waals surface area contributed by atoms with Crippen LogP contribution >= 0.6 is 0 Å². The van der Waals surface area contributed by atoms with Crippen LogP contribution in [0.2, 0.25) is 0 Å². The van der Waals surface area contributed by atoms with E-state index in [2.05, 4.69) is 164 Å². The largest absolute Gasteiger partial charge is 0.208 e. The van der Waals surface area contributed by atoms with Crippen molar-refractivity contribution < 1.29 is 0 Å². The number of fused-ring (bicyclic) bond motifs is 1. The van der Waals surface area contributed by atoms with Crippen molar-refractivity contribution in [2.45, 2.75) is 0 Å². The zero-order valence-corrected chi connectivity index (χ0v) is 28.4. The summed E-state index contributed by atoms with van der Waals surface area (Å²) in [5, 5.41) is 2.44. The summed E-state index contributed by atoms with van der Waals surface area (Å²) >= 11 is 0. The lowest BCUT2D eigenvalue weighted by molar-refractivity contribution is 1.07. The van der Waals surface area contributed by atoms with E-state index in [1.165, 1.54) is 33.0 Å². The van der Waals surface area contributed by atoms with Crippen molar-refractivity contribution in [3.8, 4) is 78.7 Å². The summed E-state index contributed by atoms with van der Waals surface area (Å²) in [6, 6.07) is 70.1. The van der Waals surface area contributed by atoms with Gasteiger partial charge in [0.1, 0.15) is 0 Å². The van der Waals surface area contributed by atoms with Crippen LogP contribution in [-0.4, -0.2) is 15.0 Å². The molecule has 1 aromatic heterocycles. The first-order valence-corrected chi connectivity index (χ1v) is 17.5. The molecule has 9 rings (SSSR count). The zero-order chi connectivity index (χ0) is 34.7. The van der Waals surface area contributed by atoms with E-state index < -0.39 is 0 Å². The maximum Gasteiger partial charge on any atom is 0.164 e. The molecule has 0 aliphatic carbocycles. The molecular formula is C49H33N3. The summed E-state index contributed by atoms with van der Waals surface area (Å²) in [5.74, 6) is 1.90. The second-order valence-corrected chi connectivity index (χ2v) is 12.9. The van der Waals surface area contributed by atoms with Gasteiger partial charge in [0, 0.05) is 16.7 Å². The first-order valence-electron chi connectivity index (χ1n) is 17.5. The highest BCUT2D eigenvalue weighted by atomic mass is 15.0. The number of benzene rings is 8. The molecule has 0 radical (unpaired) electrons. The van der Waals surface area contributed by atoms with Gasteiger partial charge in [-0.05, 0) is 79.5 Å². The number of hydrogen-bond acceptors (Lipinski definition) is 3. The van der Waals surface area contributed by atoms with Crippen molar-refractivity contribution >= 4 is 10.8 Å². The fourth-order valence-electron chi connectivity index (χ4n) is 6.85. The number of nitrogens with zero attached hydrogens (tertiary/aromatic N) is 3. The smallest absolute Gasteiger partial charge is 0.164 e. The van der Waals surface area contributed by atoms with Crippen molar-refractivity contribution in [1.29, 1.82) is 0 Å². The number of hydrogen-bond donors (Lipinski definition) is 0. The molecular weight excluding hydrogens is 631 g/mol. The number of aromatic nitrogens is 3. The minimum absolute atomic E-state index is 0.629. The minimum atomic E-state index is 0.629. The van der Waals surface area contributed by atoms with Crippen LogP contribution in [0, 0.1) is 0 Å². The maximum atomic E-state index is 5.12. The molecule has 8 aromatic carbocycles. The summed E-state index contributed by atoms with van der Waals surface area (Å²) in [5.41, 5.74) is 12.0. The predicted octanol–water partition coefficient (Wildman–Crippen LogP) is 12.7. The fraction of sp³-hybridized carbons (Fsp3) is 0. The van der Waals surface area contributed by atoms with E-state index in [4.69, 9.17) is 15.0 Å². The van der Waals surface area contributed by atoms with E-state index in [-0.39, 0.29) is 0 Å². The van der Waals surface area contributed by atoms with E-state index in [0.717, 1.165) is 38.9 Å². The Kier molecular flexibility index (Phi) is 8.20. The Bertz CT molecular complexity index is 2670.